The van der Waals surface area contributed by atoms with Crippen molar-refractivity contribution in [1.82, 2.24) is 0 Å². The highest BCUT2D eigenvalue weighted by atomic mass is 32.2. The maximum Gasteiger partial charge on any atom is 0.0370 e. The molecule has 3 heteroatoms. The van der Waals surface area contributed by atoms with Gasteiger partial charge in [0, 0.05) is 5.25 Å². The van der Waals surface area contributed by atoms with Crippen LogP contribution >= 0.6 is 0 Å². The Morgan fingerprint density at radius 1 is 1.50 bits per heavy atom. The molecule has 0 fully saturated rings. The van der Waals surface area contributed by atoms with Gasteiger partial charge in [-0.2, -0.15) is 0 Å². The normalized spacial score (nSPS) is 18.3. The molecule has 0 aromatic carbocycles. The average molecular weight is 159 g/mol. The summed E-state index contributed by atoms with van der Waals surface area (Å²) >= 11 is -1.98. The molecule has 0 aliphatic rings. The van der Waals surface area contributed by atoms with E-state index in [1.54, 1.807) is 25.2 Å². The second kappa shape index (κ2) is 5.38. The standard InChI is InChI=1S/C7H12O2S/c1-3-4-5-6-7(2)10(8)9/h3-7H,1-2H3,(H,8,9)/p-1/b4-3-,6-5-. The highest BCUT2D eigenvalue weighted by Gasteiger charge is 1.91. The van der Waals surface area contributed by atoms with Gasteiger partial charge in [-0.25, -0.2) is 0 Å². The highest BCUT2D eigenvalue weighted by molar-refractivity contribution is 7.79. The molecule has 0 radical (unpaired) electrons. The zero-order valence-corrected chi connectivity index (χ0v) is 6.93. The van der Waals surface area contributed by atoms with E-state index >= 15 is 0 Å². The Balaban J connectivity index is 3.77. The fraction of sp³-hybridized carbons (Fsp3) is 0.429. The first kappa shape index (κ1) is 9.59. The zero-order valence-electron chi connectivity index (χ0n) is 6.11. The van der Waals surface area contributed by atoms with Gasteiger partial charge in [-0.15, -0.1) is 0 Å². The predicted molar refractivity (Wildman–Crippen MR) is 42.3 cm³/mol. The monoisotopic (exact) mass is 159 g/mol. The second-order valence-electron chi connectivity index (χ2n) is 1.88. The molecule has 2 nitrogen and oxygen atoms in total. The van der Waals surface area contributed by atoms with Crippen molar-refractivity contribution in [2.75, 3.05) is 0 Å². The Labute approximate surface area is 63.9 Å². The molecule has 0 amide bonds. The maximum absolute atomic E-state index is 10.2. The van der Waals surface area contributed by atoms with Gasteiger partial charge in [0.15, 0.2) is 0 Å². The number of allylic oxidation sites excluding steroid dienone is 3. The molecule has 0 aromatic heterocycles. The minimum atomic E-state index is -1.98. The molecule has 0 saturated carbocycles. The number of hydrogen-bond acceptors (Lipinski definition) is 2. The molecular formula is C7H11O2S-. The maximum atomic E-state index is 10.2. The Hall–Kier alpha value is -0.410. The largest absolute Gasteiger partial charge is 0.772 e. The van der Waals surface area contributed by atoms with Gasteiger partial charge < -0.3 is 4.55 Å². The summed E-state index contributed by atoms with van der Waals surface area (Å²) in [6, 6.07) is 0. The van der Waals surface area contributed by atoms with Crippen LogP contribution in [0.4, 0.5) is 0 Å². The Morgan fingerprint density at radius 3 is 2.50 bits per heavy atom. The van der Waals surface area contributed by atoms with E-state index in [0.717, 1.165) is 0 Å². The molecule has 0 aliphatic carbocycles. The summed E-state index contributed by atoms with van der Waals surface area (Å²) in [5.74, 6) is 0. The molecule has 0 saturated heterocycles. The topological polar surface area (TPSA) is 40.1 Å². The summed E-state index contributed by atoms with van der Waals surface area (Å²) in [7, 11) is 0. The lowest BCUT2D eigenvalue weighted by molar-refractivity contribution is 0.532. The van der Waals surface area contributed by atoms with Crippen molar-refractivity contribution in [3.05, 3.63) is 24.3 Å². The van der Waals surface area contributed by atoms with Crippen molar-refractivity contribution >= 4 is 11.1 Å². The summed E-state index contributed by atoms with van der Waals surface area (Å²) in [6.07, 6.45) is 6.99. The molecule has 0 rings (SSSR count). The molecule has 0 aromatic rings. The van der Waals surface area contributed by atoms with Gasteiger partial charge in [0.2, 0.25) is 0 Å². The van der Waals surface area contributed by atoms with E-state index in [1.807, 2.05) is 13.0 Å². The molecule has 0 aliphatic heterocycles. The Morgan fingerprint density at radius 2 is 2.10 bits per heavy atom. The van der Waals surface area contributed by atoms with Crippen LogP contribution in [0.3, 0.4) is 0 Å². The lowest BCUT2D eigenvalue weighted by atomic mass is 10.4. The summed E-state index contributed by atoms with van der Waals surface area (Å²) in [4.78, 5) is 0. The minimum Gasteiger partial charge on any atom is -0.772 e. The third-order valence-corrected chi connectivity index (χ3v) is 1.75. The molecule has 0 spiro atoms. The van der Waals surface area contributed by atoms with Crippen molar-refractivity contribution in [2.24, 2.45) is 0 Å². The molecule has 2 unspecified atom stereocenters. The van der Waals surface area contributed by atoms with E-state index in [1.165, 1.54) is 0 Å². The summed E-state index contributed by atoms with van der Waals surface area (Å²) in [5.41, 5.74) is 0. The third kappa shape index (κ3) is 4.47. The second-order valence-corrected chi connectivity index (χ2v) is 3.14. The smallest absolute Gasteiger partial charge is 0.0370 e. The summed E-state index contributed by atoms with van der Waals surface area (Å²) in [5, 5.41) is -0.392. The molecule has 58 valence electrons. The fourth-order valence-electron chi connectivity index (χ4n) is 0.396. The van der Waals surface area contributed by atoms with Crippen LogP contribution in [0.15, 0.2) is 24.3 Å². The van der Waals surface area contributed by atoms with Gasteiger partial charge >= 0.3 is 0 Å². The number of hydrogen-bond donors (Lipinski definition) is 0. The molecule has 2 atom stereocenters. The minimum absolute atomic E-state index is 0.392. The summed E-state index contributed by atoms with van der Waals surface area (Å²) in [6.45, 7) is 3.51. The Kier molecular flexibility index (Phi) is 5.16. The molecule has 0 bridgehead atoms. The first-order valence-corrected chi connectivity index (χ1v) is 4.20. The van der Waals surface area contributed by atoms with Crippen molar-refractivity contribution in [3.63, 3.8) is 0 Å². The van der Waals surface area contributed by atoms with E-state index in [-0.39, 0.29) is 0 Å². The summed E-state index contributed by atoms with van der Waals surface area (Å²) < 4.78 is 20.4. The van der Waals surface area contributed by atoms with Gasteiger partial charge in [0.05, 0.1) is 0 Å². The van der Waals surface area contributed by atoms with E-state index in [0.29, 0.717) is 0 Å². The van der Waals surface area contributed by atoms with Crippen LogP contribution in [0.2, 0.25) is 0 Å². The van der Waals surface area contributed by atoms with Crippen LogP contribution in [0.25, 0.3) is 0 Å². The first-order chi connectivity index (χ1) is 4.68. The van der Waals surface area contributed by atoms with Crippen LogP contribution in [-0.4, -0.2) is 14.0 Å². The quantitative estimate of drug-likeness (QED) is 0.461. The van der Waals surface area contributed by atoms with Gasteiger partial charge in [-0.05, 0) is 24.9 Å². The van der Waals surface area contributed by atoms with Gasteiger partial charge in [0.25, 0.3) is 0 Å². The molecular weight excluding hydrogens is 148 g/mol. The van der Waals surface area contributed by atoms with Crippen LogP contribution < -0.4 is 0 Å². The number of rotatable bonds is 3. The van der Waals surface area contributed by atoms with Gasteiger partial charge in [-0.1, -0.05) is 24.3 Å². The SMILES string of the molecule is C/C=C\C=C/C(C)S(=O)[O-]. The molecule has 0 heterocycles. The van der Waals surface area contributed by atoms with Crippen molar-refractivity contribution in [3.8, 4) is 0 Å². The predicted octanol–water partition coefficient (Wildman–Crippen LogP) is 1.39. The zero-order chi connectivity index (χ0) is 7.98. The van der Waals surface area contributed by atoms with E-state index < -0.39 is 16.3 Å². The van der Waals surface area contributed by atoms with Gasteiger partial charge in [0.1, 0.15) is 0 Å². The highest BCUT2D eigenvalue weighted by Crippen LogP contribution is 1.93. The van der Waals surface area contributed by atoms with Crippen LogP contribution in [0.1, 0.15) is 13.8 Å². The third-order valence-electron chi connectivity index (χ3n) is 0.989. The Bertz CT molecular complexity index is 161. The fourth-order valence-corrected chi connectivity index (χ4v) is 0.615. The van der Waals surface area contributed by atoms with Crippen LogP contribution in [0, 0.1) is 0 Å². The lowest BCUT2D eigenvalue weighted by Crippen LogP contribution is -2.04. The van der Waals surface area contributed by atoms with Crippen molar-refractivity contribution < 1.29 is 8.76 Å². The van der Waals surface area contributed by atoms with E-state index in [2.05, 4.69) is 0 Å². The molecule has 10 heavy (non-hydrogen) atoms. The first-order valence-electron chi connectivity index (χ1n) is 3.06. The lowest BCUT2D eigenvalue weighted by Gasteiger charge is -2.08. The molecule has 0 N–H and O–H groups in total. The van der Waals surface area contributed by atoms with Crippen LogP contribution in [0.5, 0.6) is 0 Å². The van der Waals surface area contributed by atoms with Crippen molar-refractivity contribution in [2.45, 2.75) is 19.1 Å². The van der Waals surface area contributed by atoms with Gasteiger partial charge in [-0.3, -0.25) is 4.21 Å². The van der Waals surface area contributed by atoms with Crippen molar-refractivity contribution in [1.29, 1.82) is 0 Å². The average Bonchev–Trinajstić information content (AvgIpc) is 1.88. The van der Waals surface area contributed by atoms with E-state index in [9.17, 15) is 8.76 Å². The van der Waals surface area contributed by atoms with Crippen LogP contribution in [-0.2, 0) is 11.1 Å². The van der Waals surface area contributed by atoms with E-state index in [4.69, 9.17) is 0 Å².